The second-order valence-corrected chi connectivity index (χ2v) is 6.36. The molecule has 3 rings (SSSR count). The first-order valence-electron chi connectivity index (χ1n) is 8.22. The van der Waals surface area contributed by atoms with Gasteiger partial charge < -0.3 is 15.5 Å². The number of H-pyrrole nitrogens is 1. The Balaban J connectivity index is 1.66. The van der Waals surface area contributed by atoms with Gasteiger partial charge in [0.15, 0.2) is 5.13 Å². The number of nitrogens with zero attached hydrogens (tertiary/aromatic N) is 1. The molecule has 0 saturated carbocycles. The maximum atomic E-state index is 12.2. The minimum absolute atomic E-state index is 0.297. The number of carbonyl (C=O) groups excluding carboxylic acids is 2. The number of benzene rings is 1. The zero-order chi connectivity index (χ0) is 19.2. The van der Waals surface area contributed by atoms with Crippen molar-refractivity contribution in [2.24, 2.45) is 5.73 Å². The van der Waals surface area contributed by atoms with Crippen LogP contribution >= 0.6 is 11.3 Å². The van der Waals surface area contributed by atoms with Gasteiger partial charge in [-0.25, -0.2) is 4.98 Å². The summed E-state index contributed by atoms with van der Waals surface area (Å²) in [6.07, 6.45) is 4.77. The van der Waals surface area contributed by atoms with Gasteiger partial charge in [0.05, 0.1) is 12.3 Å². The molecular formula is C19H18N4O3S. The molecule has 27 heavy (non-hydrogen) atoms. The number of primary amides is 1. The predicted molar refractivity (Wildman–Crippen MR) is 106 cm³/mol. The van der Waals surface area contributed by atoms with Gasteiger partial charge in [0.2, 0.25) is 5.91 Å². The van der Waals surface area contributed by atoms with E-state index in [4.69, 9.17) is 10.5 Å². The second-order valence-electron chi connectivity index (χ2n) is 5.50. The number of nitrogens with one attached hydrogen (secondary N) is 2. The van der Waals surface area contributed by atoms with E-state index in [2.05, 4.69) is 15.3 Å². The second kappa shape index (κ2) is 8.33. The molecule has 4 N–H and O–H groups in total. The van der Waals surface area contributed by atoms with Gasteiger partial charge in [-0.05, 0) is 25.1 Å². The smallest absolute Gasteiger partial charge is 0.265 e. The molecule has 0 aliphatic carbocycles. The highest BCUT2D eigenvalue weighted by atomic mass is 32.1. The number of nitrogens with two attached hydrogens (primary N) is 1. The molecule has 0 radical (unpaired) electrons. The molecule has 0 saturated heterocycles. The lowest BCUT2D eigenvalue weighted by Crippen LogP contribution is -2.10. The molecule has 8 heteroatoms. The minimum atomic E-state index is -0.539. The van der Waals surface area contributed by atoms with Gasteiger partial charge >= 0.3 is 0 Å². The fourth-order valence-corrected chi connectivity index (χ4v) is 3.09. The van der Waals surface area contributed by atoms with Gasteiger partial charge in [0.1, 0.15) is 11.4 Å². The normalized spacial score (nSPS) is 10.9. The molecule has 0 fully saturated rings. The number of amides is 2. The molecule has 0 bridgehead atoms. The maximum absolute atomic E-state index is 12.2. The number of rotatable bonds is 7. The number of anilines is 1. The lowest BCUT2D eigenvalue weighted by Gasteiger charge is -2.06. The van der Waals surface area contributed by atoms with Crippen LogP contribution in [0.2, 0.25) is 0 Å². The summed E-state index contributed by atoms with van der Waals surface area (Å²) in [5.74, 6) is -0.116. The monoisotopic (exact) mass is 382 g/mol. The van der Waals surface area contributed by atoms with E-state index in [9.17, 15) is 9.59 Å². The molecule has 2 heterocycles. The van der Waals surface area contributed by atoms with Crippen molar-refractivity contribution in [1.29, 1.82) is 0 Å². The van der Waals surface area contributed by atoms with Crippen molar-refractivity contribution >= 4 is 34.4 Å². The maximum Gasteiger partial charge on any atom is 0.265 e. The van der Waals surface area contributed by atoms with E-state index in [1.165, 1.54) is 17.4 Å². The molecule has 7 nitrogen and oxygen atoms in total. The van der Waals surface area contributed by atoms with Crippen LogP contribution in [0.25, 0.3) is 17.3 Å². The highest BCUT2D eigenvalue weighted by molar-refractivity contribution is 7.14. The van der Waals surface area contributed by atoms with Gasteiger partial charge in [-0.3, -0.25) is 14.9 Å². The lowest BCUT2D eigenvalue weighted by molar-refractivity contribution is -0.111. The van der Waals surface area contributed by atoms with Crippen LogP contribution in [-0.4, -0.2) is 28.4 Å². The van der Waals surface area contributed by atoms with Crippen molar-refractivity contribution in [2.75, 3.05) is 11.9 Å². The molecule has 0 aliphatic heterocycles. The first-order valence-corrected chi connectivity index (χ1v) is 9.09. The Hall–Kier alpha value is -3.39. The zero-order valence-electron chi connectivity index (χ0n) is 14.6. The average Bonchev–Trinajstić information content (AvgIpc) is 3.30. The van der Waals surface area contributed by atoms with Crippen molar-refractivity contribution in [3.8, 4) is 17.0 Å². The number of ether oxygens (including phenoxy) is 1. The van der Waals surface area contributed by atoms with Crippen molar-refractivity contribution in [1.82, 2.24) is 9.97 Å². The predicted octanol–water partition coefficient (Wildman–Crippen LogP) is 3.29. The van der Waals surface area contributed by atoms with E-state index in [0.29, 0.717) is 23.1 Å². The number of hydrogen-bond acceptors (Lipinski definition) is 5. The number of carbonyl (C=O) groups is 2. The van der Waals surface area contributed by atoms with E-state index in [1.807, 2.05) is 31.2 Å². The van der Waals surface area contributed by atoms with E-state index >= 15 is 0 Å². The Labute approximate surface area is 159 Å². The number of aromatic amines is 1. The van der Waals surface area contributed by atoms with E-state index < -0.39 is 5.91 Å². The summed E-state index contributed by atoms with van der Waals surface area (Å²) < 4.78 is 5.53. The zero-order valence-corrected chi connectivity index (χ0v) is 15.4. The summed E-state index contributed by atoms with van der Waals surface area (Å²) in [5.41, 5.74) is 7.72. The van der Waals surface area contributed by atoms with Crippen LogP contribution in [0.5, 0.6) is 5.75 Å². The van der Waals surface area contributed by atoms with Gasteiger partial charge in [-0.1, -0.05) is 18.2 Å². The van der Waals surface area contributed by atoms with Crippen LogP contribution in [0.3, 0.4) is 0 Å². The third-order valence-corrected chi connectivity index (χ3v) is 4.37. The molecule has 1 aromatic carbocycles. The van der Waals surface area contributed by atoms with Gasteiger partial charge in [0.25, 0.3) is 5.91 Å². The molecule has 3 aromatic rings. The van der Waals surface area contributed by atoms with Crippen molar-refractivity contribution in [3.05, 3.63) is 59.2 Å². The summed E-state index contributed by atoms with van der Waals surface area (Å²) in [6, 6.07) is 9.10. The largest absolute Gasteiger partial charge is 0.493 e. The molecule has 0 atom stereocenters. The van der Waals surface area contributed by atoms with Gasteiger partial charge in [-0.15, -0.1) is 11.3 Å². The highest BCUT2D eigenvalue weighted by Gasteiger charge is 2.10. The van der Waals surface area contributed by atoms with Crippen molar-refractivity contribution in [3.63, 3.8) is 0 Å². The fourth-order valence-electron chi connectivity index (χ4n) is 2.37. The molecule has 0 unspecified atom stereocenters. The average molecular weight is 382 g/mol. The summed E-state index contributed by atoms with van der Waals surface area (Å²) in [4.78, 5) is 30.4. The number of hydrogen-bond donors (Lipinski definition) is 3. The van der Waals surface area contributed by atoms with Crippen molar-refractivity contribution < 1.29 is 14.3 Å². The Kier molecular flexibility index (Phi) is 5.68. The molecule has 2 amide bonds. The number of aromatic nitrogens is 2. The molecule has 0 aliphatic rings. The Morgan fingerprint density at radius 3 is 2.93 bits per heavy atom. The fraction of sp³-hybridized carbons (Fsp3) is 0.105. The third kappa shape index (κ3) is 4.62. The molecule has 138 valence electrons. The van der Waals surface area contributed by atoms with Crippen LogP contribution in [0.1, 0.15) is 23.0 Å². The van der Waals surface area contributed by atoms with E-state index in [1.54, 1.807) is 23.7 Å². The van der Waals surface area contributed by atoms with E-state index in [0.717, 1.165) is 16.9 Å². The highest BCUT2D eigenvalue weighted by Crippen LogP contribution is 2.25. The quantitative estimate of drug-likeness (QED) is 0.545. The van der Waals surface area contributed by atoms with Gasteiger partial charge in [0, 0.05) is 28.8 Å². The standard InChI is InChI=1S/C19H18N4O3S/c1-2-26-16-6-4-3-5-12(16)7-8-17(24)23-19-22-15(11-27-19)13-9-14(18(20)25)21-10-13/h3-11,21H,2H2,1H3,(H2,20,25)(H,22,23,24)/b8-7+. The first kappa shape index (κ1) is 18.4. The molecule has 2 aromatic heterocycles. The summed E-state index contributed by atoms with van der Waals surface area (Å²) >= 11 is 1.29. The van der Waals surface area contributed by atoms with Crippen LogP contribution in [0.4, 0.5) is 5.13 Å². The van der Waals surface area contributed by atoms with E-state index in [-0.39, 0.29) is 5.91 Å². The van der Waals surface area contributed by atoms with Crippen LogP contribution < -0.4 is 15.8 Å². The number of para-hydroxylation sites is 1. The summed E-state index contributed by atoms with van der Waals surface area (Å²) in [6.45, 7) is 2.46. The SMILES string of the molecule is CCOc1ccccc1/C=C/C(=O)Nc1nc(-c2c[nH]c(C(N)=O)c2)cs1. The van der Waals surface area contributed by atoms with Crippen LogP contribution in [0, 0.1) is 0 Å². The summed E-state index contributed by atoms with van der Waals surface area (Å²) in [5, 5.41) is 4.97. The number of thiazole rings is 1. The summed E-state index contributed by atoms with van der Waals surface area (Å²) in [7, 11) is 0. The molecular weight excluding hydrogens is 364 g/mol. The van der Waals surface area contributed by atoms with Crippen molar-refractivity contribution in [2.45, 2.75) is 6.92 Å². The Morgan fingerprint density at radius 2 is 2.19 bits per heavy atom. The minimum Gasteiger partial charge on any atom is -0.493 e. The third-order valence-electron chi connectivity index (χ3n) is 3.61. The topological polar surface area (TPSA) is 110 Å². The van der Waals surface area contributed by atoms with Gasteiger partial charge in [-0.2, -0.15) is 0 Å². The Bertz CT molecular complexity index is 990. The lowest BCUT2D eigenvalue weighted by atomic mass is 10.2. The molecule has 0 spiro atoms. The van der Waals surface area contributed by atoms with Crippen LogP contribution in [-0.2, 0) is 4.79 Å². The Morgan fingerprint density at radius 1 is 1.37 bits per heavy atom. The van der Waals surface area contributed by atoms with Crippen LogP contribution in [0.15, 0.2) is 48.0 Å². The first-order chi connectivity index (χ1) is 13.1.